The molecule has 1 aromatic carbocycles. The Morgan fingerprint density at radius 2 is 2.30 bits per heavy atom. The van der Waals surface area contributed by atoms with Gasteiger partial charge in [-0.25, -0.2) is 4.39 Å². The van der Waals surface area contributed by atoms with Crippen LogP contribution >= 0.6 is 0 Å². The first-order chi connectivity index (χ1) is 9.70. The van der Waals surface area contributed by atoms with E-state index in [1.165, 1.54) is 12.1 Å². The van der Waals surface area contributed by atoms with Gasteiger partial charge in [-0.1, -0.05) is 6.07 Å². The summed E-state index contributed by atoms with van der Waals surface area (Å²) in [5.41, 5.74) is 0.408. The maximum atomic E-state index is 13.1. The number of carbonyl (C=O) groups is 1. The van der Waals surface area contributed by atoms with Crippen LogP contribution in [0.1, 0.15) is 16.8 Å². The third-order valence-electron chi connectivity index (χ3n) is 3.43. The fourth-order valence-corrected chi connectivity index (χ4v) is 2.35. The van der Waals surface area contributed by atoms with Crippen molar-refractivity contribution in [2.75, 3.05) is 40.0 Å². The summed E-state index contributed by atoms with van der Waals surface area (Å²) in [7, 11) is 1.64. The second kappa shape index (κ2) is 7.36. The number of rotatable bonds is 6. The Kier molecular flexibility index (Phi) is 5.49. The van der Waals surface area contributed by atoms with Gasteiger partial charge in [0.2, 0.25) is 0 Å². The lowest BCUT2D eigenvalue weighted by molar-refractivity contribution is 0.0515. The largest absolute Gasteiger partial charge is 0.382 e. The summed E-state index contributed by atoms with van der Waals surface area (Å²) < 4.78 is 23.5. The monoisotopic (exact) mass is 281 g/mol. The smallest absolute Gasteiger partial charge is 0.253 e. The van der Waals surface area contributed by atoms with Crippen LogP contribution in [0.25, 0.3) is 0 Å². The van der Waals surface area contributed by atoms with Gasteiger partial charge in [-0.15, -0.1) is 0 Å². The van der Waals surface area contributed by atoms with Crippen molar-refractivity contribution < 1.29 is 18.7 Å². The van der Waals surface area contributed by atoms with Crippen LogP contribution in [0.15, 0.2) is 24.3 Å². The van der Waals surface area contributed by atoms with Crippen LogP contribution in [0, 0.1) is 11.7 Å². The predicted octanol–water partition coefficient (Wildman–Crippen LogP) is 1.95. The average molecular weight is 281 g/mol. The van der Waals surface area contributed by atoms with Gasteiger partial charge in [0, 0.05) is 31.7 Å². The normalized spacial score (nSPS) is 18.5. The van der Waals surface area contributed by atoms with Gasteiger partial charge in [-0.2, -0.15) is 0 Å². The molecule has 1 aromatic rings. The van der Waals surface area contributed by atoms with E-state index in [2.05, 4.69) is 0 Å². The van der Waals surface area contributed by atoms with Gasteiger partial charge >= 0.3 is 0 Å². The fraction of sp³-hybridized carbons (Fsp3) is 0.533. The van der Waals surface area contributed by atoms with Crippen LogP contribution in [0.3, 0.4) is 0 Å². The van der Waals surface area contributed by atoms with Crippen LogP contribution < -0.4 is 0 Å². The molecule has 1 heterocycles. The molecule has 1 aliphatic rings. The number of halogens is 1. The van der Waals surface area contributed by atoms with E-state index in [9.17, 15) is 9.18 Å². The van der Waals surface area contributed by atoms with Crippen molar-refractivity contribution >= 4 is 5.91 Å². The Bertz CT molecular complexity index is 452. The first-order valence-electron chi connectivity index (χ1n) is 6.82. The quantitative estimate of drug-likeness (QED) is 0.748. The highest BCUT2D eigenvalue weighted by Gasteiger charge is 2.27. The van der Waals surface area contributed by atoms with E-state index < -0.39 is 0 Å². The Labute approximate surface area is 118 Å². The number of benzene rings is 1. The second-order valence-electron chi connectivity index (χ2n) is 4.98. The molecule has 0 radical (unpaired) electrons. The third kappa shape index (κ3) is 4.02. The zero-order valence-electron chi connectivity index (χ0n) is 11.7. The Hall–Kier alpha value is -1.46. The molecule has 1 aliphatic heterocycles. The first-order valence-corrected chi connectivity index (χ1v) is 6.82. The highest BCUT2D eigenvalue weighted by molar-refractivity contribution is 5.94. The molecule has 0 aromatic heterocycles. The number of methoxy groups -OCH3 is 1. The molecule has 1 unspecified atom stereocenters. The van der Waals surface area contributed by atoms with Gasteiger partial charge in [0.05, 0.1) is 19.8 Å². The molecule has 0 spiro atoms. The highest BCUT2D eigenvalue weighted by atomic mass is 19.1. The summed E-state index contributed by atoms with van der Waals surface area (Å²) in [5.74, 6) is -0.136. The van der Waals surface area contributed by atoms with Gasteiger partial charge in [-0.05, 0) is 24.6 Å². The number of hydrogen-bond donors (Lipinski definition) is 0. The standard InChI is InChI=1S/C15H20FNO3/c1-19-7-8-20-11-12-5-6-17(10-12)15(18)13-3-2-4-14(16)9-13/h2-4,9,12H,5-8,10-11H2,1H3. The fourth-order valence-electron chi connectivity index (χ4n) is 2.35. The minimum atomic E-state index is -0.380. The van der Waals surface area contributed by atoms with Crippen LogP contribution in [-0.2, 0) is 9.47 Å². The van der Waals surface area contributed by atoms with E-state index in [1.54, 1.807) is 24.1 Å². The van der Waals surface area contributed by atoms with E-state index >= 15 is 0 Å². The second-order valence-corrected chi connectivity index (χ2v) is 4.98. The molecular weight excluding hydrogens is 261 g/mol. The molecule has 0 N–H and O–H groups in total. The minimum Gasteiger partial charge on any atom is -0.382 e. The van der Waals surface area contributed by atoms with E-state index in [-0.39, 0.29) is 11.7 Å². The Morgan fingerprint density at radius 1 is 1.45 bits per heavy atom. The van der Waals surface area contributed by atoms with E-state index in [0.717, 1.165) is 6.42 Å². The van der Waals surface area contributed by atoms with Crippen LogP contribution in [0.2, 0.25) is 0 Å². The third-order valence-corrected chi connectivity index (χ3v) is 3.43. The first kappa shape index (κ1) is 14.9. The Balaban J connectivity index is 1.81. The van der Waals surface area contributed by atoms with Gasteiger partial charge in [-0.3, -0.25) is 4.79 Å². The summed E-state index contributed by atoms with van der Waals surface area (Å²) in [6.07, 6.45) is 0.925. The van der Waals surface area contributed by atoms with Crippen molar-refractivity contribution in [3.05, 3.63) is 35.6 Å². The molecule has 0 bridgehead atoms. The zero-order valence-corrected chi connectivity index (χ0v) is 11.7. The maximum absolute atomic E-state index is 13.1. The van der Waals surface area contributed by atoms with E-state index in [4.69, 9.17) is 9.47 Å². The van der Waals surface area contributed by atoms with Crippen molar-refractivity contribution in [1.29, 1.82) is 0 Å². The number of ether oxygens (including phenoxy) is 2. The van der Waals surface area contributed by atoms with Crippen molar-refractivity contribution in [1.82, 2.24) is 4.90 Å². The van der Waals surface area contributed by atoms with Gasteiger partial charge in [0.15, 0.2) is 0 Å². The molecular formula is C15H20FNO3. The molecule has 0 aliphatic carbocycles. The molecule has 1 saturated heterocycles. The SMILES string of the molecule is COCCOCC1CCN(C(=O)c2cccc(F)c2)C1. The highest BCUT2D eigenvalue weighted by Crippen LogP contribution is 2.19. The molecule has 1 fully saturated rings. The molecule has 0 saturated carbocycles. The molecule has 110 valence electrons. The van der Waals surface area contributed by atoms with E-state index in [1.807, 2.05) is 0 Å². The summed E-state index contributed by atoms with van der Waals surface area (Å²) in [6, 6.07) is 5.83. The van der Waals surface area contributed by atoms with Crippen LogP contribution in [0.4, 0.5) is 4.39 Å². The van der Waals surface area contributed by atoms with Crippen molar-refractivity contribution in [2.24, 2.45) is 5.92 Å². The lowest BCUT2D eigenvalue weighted by Gasteiger charge is -2.16. The topological polar surface area (TPSA) is 38.8 Å². The van der Waals surface area contributed by atoms with Crippen molar-refractivity contribution in [3.8, 4) is 0 Å². The predicted molar refractivity (Wildman–Crippen MR) is 73.1 cm³/mol. The number of amides is 1. The average Bonchev–Trinajstić information content (AvgIpc) is 2.91. The lowest BCUT2D eigenvalue weighted by Crippen LogP contribution is -2.29. The van der Waals surface area contributed by atoms with Gasteiger partial charge < -0.3 is 14.4 Å². The van der Waals surface area contributed by atoms with Crippen molar-refractivity contribution in [2.45, 2.75) is 6.42 Å². The zero-order chi connectivity index (χ0) is 14.4. The Morgan fingerprint density at radius 3 is 3.05 bits per heavy atom. The molecule has 20 heavy (non-hydrogen) atoms. The summed E-state index contributed by atoms with van der Waals surface area (Å²) >= 11 is 0. The van der Waals surface area contributed by atoms with Crippen molar-refractivity contribution in [3.63, 3.8) is 0 Å². The summed E-state index contributed by atoms with van der Waals surface area (Å²) in [6.45, 7) is 3.16. The number of nitrogens with zero attached hydrogens (tertiary/aromatic N) is 1. The molecule has 4 nitrogen and oxygen atoms in total. The molecule has 2 rings (SSSR count). The summed E-state index contributed by atoms with van der Waals surface area (Å²) in [4.78, 5) is 14.0. The molecule has 1 atom stereocenters. The maximum Gasteiger partial charge on any atom is 0.253 e. The lowest BCUT2D eigenvalue weighted by atomic mass is 10.1. The van der Waals surface area contributed by atoms with Crippen LogP contribution in [-0.4, -0.2) is 50.8 Å². The summed E-state index contributed by atoms with van der Waals surface area (Å²) in [5, 5.41) is 0. The van der Waals surface area contributed by atoms with Gasteiger partial charge in [0.1, 0.15) is 5.82 Å². The molecule has 5 heteroatoms. The van der Waals surface area contributed by atoms with Crippen LogP contribution in [0.5, 0.6) is 0 Å². The molecule has 1 amide bonds. The van der Waals surface area contributed by atoms with Gasteiger partial charge in [0.25, 0.3) is 5.91 Å². The van der Waals surface area contributed by atoms with E-state index in [0.29, 0.717) is 44.4 Å². The number of hydrogen-bond acceptors (Lipinski definition) is 3. The number of carbonyl (C=O) groups excluding carboxylic acids is 1. The minimum absolute atomic E-state index is 0.108. The number of likely N-dealkylation sites (tertiary alicyclic amines) is 1.